The lowest BCUT2D eigenvalue weighted by Crippen LogP contribution is -2.30. The van der Waals surface area contributed by atoms with Crippen LogP contribution in [-0.4, -0.2) is 39.2 Å². The Morgan fingerprint density at radius 2 is 2.16 bits per heavy atom. The van der Waals surface area contributed by atoms with Gasteiger partial charge in [0.05, 0.1) is 13.1 Å². The first-order valence-corrected chi connectivity index (χ1v) is 6.26. The number of nitrogens with zero attached hydrogens (tertiary/aromatic N) is 3. The van der Waals surface area contributed by atoms with Crippen LogP contribution in [0.15, 0.2) is 4.52 Å². The summed E-state index contributed by atoms with van der Waals surface area (Å²) in [5.74, 6) is 0.804. The molecule has 110 valence electrons. The highest BCUT2D eigenvalue weighted by Gasteiger charge is 2.14. The number of rotatable bonds is 8. The van der Waals surface area contributed by atoms with Crippen molar-refractivity contribution < 1.29 is 14.4 Å². The number of aliphatic carboxylic acids is 1. The summed E-state index contributed by atoms with van der Waals surface area (Å²) in [5, 5.41) is 12.7. The molecule has 0 aliphatic heterocycles. The van der Waals surface area contributed by atoms with E-state index >= 15 is 0 Å². The van der Waals surface area contributed by atoms with E-state index in [0.29, 0.717) is 30.7 Å². The van der Waals surface area contributed by atoms with Crippen LogP contribution < -0.4 is 0 Å². The van der Waals surface area contributed by atoms with Crippen LogP contribution in [-0.2, 0) is 17.8 Å². The highest BCUT2D eigenvalue weighted by molar-refractivity contribution is 5.85. The number of carbonyl (C=O) groups is 1. The number of carboxylic acids is 1. The molecule has 0 aliphatic rings. The van der Waals surface area contributed by atoms with Crippen LogP contribution in [0, 0.1) is 5.92 Å². The molecule has 0 bridgehead atoms. The molecule has 1 aromatic rings. The van der Waals surface area contributed by atoms with Gasteiger partial charge in [-0.05, 0) is 18.9 Å². The van der Waals surface area contributed by atoms with Crippen molar-refractivity contribution in [2.24, 2.45) is 5.92 Å². The Hall–Kier alpha value is -1.14. The van der Waals surface area contributed by atoms with E-state index in [1.807, 2.05) is 6.92 Å². The molecule has 0 amide bonds. The van der Waals surface area contributed by atoms with Crippen molar-refractivity contribution in [2.45, 2.75) is 40.2 Å². The third-order valence-corrected chi connectivity index (χ3v) is 2.36. The van der Waals surface area contributed by atoms with Gasteiger partial charge in [0.1, 0.15) is 0 Å². The molecule has 7 heteroatoms. The molecular formula is C12H22ClN3O3. The second kappa shape index (κ2) is 8.87. The molecule has 0 atom stereocenters. The van der Waals surface area contributed by atoms with Gasteiger partial charge >= 0.3 is 5.97 Å². The number of hydrogen-bond donors (Lipinski definition) is 1. The first-order chi connectivity index (χ1) is 8.51. The highest BCUT2D eigenvalue weighted by Crippen LogP contribution is 2.07. The van der Waals surface area contributed by atoms with Crippen molar-refractivity contribution in [1.29, 1.82) is 0 Å². The zero-order valence-electron chi connectivity index (χ0n) is 11.6. The fraction of sp³-hybridized carbons (Fsp3) is 0.750. The normalized spacial score (nSPS) is 10.8. The smallest absolute Gasteiger partial charge is 0.317 e. The van der Waals surface area contributed by atoms with Gasteiger partial charge < -0.3 is 9.63 Å². The van der Waals surface area contributed by atoms with Crippen LogP contribution in [0.4, 0.5) is 0 Å². The van der Waals surface area contributed by atoms with Gasteiger partial charge in [-0.3, -0.25) is 9.69 Å². The van der Waals surface area contributed by atoms with E-state index in [0.717, 1.165) is 12.8 Å². The average Bonchev–Trinajstić information content (AvgIpc) is 2.63. The van der Waals surface area contributed by atoms with Gasteiger partial charge in [-0.25, -0.2) is 0 Å². The van der Waals surface area contributed by atoms with Crippen LogP contribution in [0.3, 0.4) is 0 Å². The second-order valence-corrected chi connectivity index (χ2v) is 4.81. The molecule has 0 aliphatic carbocycles. The first-order valence-electron chi connectivity index (χ1n) is 6.26. The van der Waals surface area contributed by atoms with Crippen LogP contribution in [0.1, 0.15) is 38.9 Å². The van der Waals surface area contributed by atoms with Crippen molar-refractivity contribution >= 4 is 18.4 Å². The Bertz CT molecular complexity index is 382. The van der Waals surface area contributed by atoms with Crippen molar-refractivity contribution in [3.05, 3.63) is 11.7 Å². The van der Waals surface area contributed by atoms with Gasteiger partial charge in [0, 0.05) is 6.42 Å². The van der Waals surface area contributed by atoms with Gasteiger partial charge in [0.25, 0.3) is 0 Å². The van der Waals surface area contributed by atoms with E-state index in [9.17, 15) is 4.79 Å². The minimum atomic E-state index is -0.842. The lowest BCUT2D eigenvalue weighted by atomic mass is 10.1. The highest BCUT2D eigenvalue weighted by atomic mass is 35.5. The molecule has 0 spiro atoms. The van der Waals surface area contributed by atoms with Gasteiger partial charge in [-0.15, -0.1) is 12.4 Å². The summed E-state index contributed by atoms with van der Waals surface area (Å²) in [6.45, 7) is 7.27. The van der Waals surface area contributed by atoms with Crippen molar-refractivity contribution in [2.75, 3.05) is 13.1 Å². The monoisotopic (exact) mass is 291 g/mol. The molecule has 1 N–H and O–H groups in total. The molecule has 0 radical (unpaired) electrons. The molecule has 6 nitrogen and oxygen atoms in total. The first kappa shape index (κ1) is 17.9. The third kappa shape index (κ3) is 7.12. The van der Waals surface area contributed by atoms with Crippen LogP contribution in [0.5, 0.6) is 0 Å². The van der Waals surface area contributed by atoms with E-state index in [1.165, 1.54) is 0 Å². The standard InChI is InChI=1S/C12H21N3O3.ClH/c1-4-5-15(8-12(16)17)7-11-13-10(14-18-11)6-9(2)3;/h9H,4-8H2,1-3H3,(H,16,17);1H. The molecule has 1 rings (SSSR count). The van der Waals surface area contributed by atoms with Gasteiger partial charge in [0.2, 0.25) is 5.89 Å². The van der Waals surface area contributed by atoms with Gasteiger partial charge in [-0.1, -0.05) is 25.9 Å². The Balaban J connectivity index is 0.00000324. The Morgan fingerprint density at radius 3 is 2.68 bits per heavy atom. The zero-order valence-corrected chi connectivity index (χ0v) is 12.4. The van der Waals surface area contributed by atoms with Crippen LogP contribution in [0.2, 0.25) is 0 Å². The van der Waals surface area contributed by atoms with Crippen LogP contribution in [0.25, 0.3) is 0 Å². The van der Waals surface area contributed by atoms with E-state index < -0.39 is 5.97 Å². The Labute approximate surface area is 119 Å². The van der Waals surface area contributed by atoms with E-state index in [2.05, 4.69) is 24.0 Å². The summed E-state index contributed by atoms with van der Waals surface area (Å²) >= 11 is 0. The van der Waals surface area contributed by atoms with Crippen molar-refractivity contribution in [3.63, 3.8) is 0 Å². The Kier molecular flexibility index (Phi) is 8.34. The average molecular weight is 292 g/mol. The zero-order chi connectivity index (χ0) is 13.5. The number of halogens is 1. The molecule has 0 aromatic carbocycles. The topological polar surface area (TPSA) is 79.5 Å². The maximum absolute atomic E-state index is 10.7. The van der Waals surface area contributed by atoms with Crippen molar-refractivity contribution in [3.8, 4) is 0 Å². The summed E-state index contributed by atoms with van der Waals surface area (Å²) < 4.78 is 5.13. The minimum Gasteiger partial charge on any atom is -0.480 e. The maximum atomic E-state index is 10.7. The van der Waals surface area contributed by atoms with Gasteiger partial charge in [0.15, 0.2) is 5.82 Å². The fourth-order valence-corrected chi connectivity index (χ4v) is 1.72. The summed E-state index contributed by atoms with van der Waals surface area (Å²) in [4.78, 5) is 16.8. The summed E-state index contributed by atoms with van der Waals surface area (Å²) in [5.41, 5.74) is 0. The predicted octanol–water partition coefficient (Wildman–Crippen LogP) is 1.99. The molecule has 0 fully saturated rings. The van der Waals surface area contributed by atoms with E-state index in [-0.39, 0.29) is 19.0 Å². The molecule has 0 unspecified atom stereocenters. The predicted molar refractivity (Wildman–Crippen MR) is 73.3 cm³/mol. The van der Waals surface area contributed by atoms with E-state index in [1.54, 1.807) is 4.90 Å². The summed E-state index contributed by atoms with van der Waals surface area (Å²) in [6, 6.07) is 0. The lowest BCUT2D eigenvalue weighted by molar-refractivity contribution is -0.138. The SMILES string of the molecule is CCCN(CC(=O)O)Cc1nc(CC(C)C)no1.Cl. The number of hydrogen-bond acceptors (Lipinski definition) is 5. The quantitative estimate of drug-likeness (QED) is 0.789. The number of aromatic nitrogens is 2. The lowest BCUT2D eigenvalue weighted by Gasteiger charge is -2.16. The molecule has 1 heterocycles. The molecule has 0 saturated carbocycles. The largest absolute Gasteiger partial charge is 0.480 e. The third-order valence-electron chi connectivity index (χ3n) is 2.36. The molecular weight excluding hydrogens is 270 g/mol. The summed E-state index contributed by atoms with van der Waals surface area (Å²) in [7, 11) is 0. The Morgan fingerprint density at radius 1 is 1.47 bits per heavy atom. The van der Waals surface area contributed by atoms with Crippen LogP contribution >= 0.6 is 12.4 Å². The minimum absolute atomic E-state index is 0. The second-order valence-electron chi connectivity index (χ2n) is 4.81. The summed E-state index contributed by atoms with van der Waals surface area (Å²) in [6.07, 6.45) is 1.66. The fourth-order valence-electron chi connectivity index (χ4n) is 1.72. The molecule has 19 heavy (non-hydrogen) atoms. The molecule has 0 saturated heterocycles. The van der Waals surface area contributed by atoms with Gasteiger partial charge in [-0.2, -0.15) is 4.98 Å². The number of carboxylic acid groups (broad SMARTS) is 1. The maximum Gasteiger partial charge on any atom is 0.317 e. The molecule has 1 aromatic heterocycles. The van der Waals surface area contributed by atoms with Crippen molar-refractivity contribution in [1.82, 2.24) is 15.0 Å². The van der Waals surface area contributed by atoms with E-state index in [4.69, 9.17) is 9.63 Å².